The van der Waals surface area contributed by atoms with E-state index in [-0.39, 0.29) is 12.5 Å². The van der Waals surface area contributed by atoms with Crippen LogP contribution >= 0.6 is 0 Å². The number of aliphatic carboxylic acids is 1. The van der Waals surface area contributed by atoms with Gasteiger partial charge in [0.25, 0.3) is 0 Å². The van der Waals surface area contributed by atoms with E-state index in [1.807, 2.05) is 39.0 Å². The van der Waals surface area contributed by atoms with Crippen LogP contribution in [0.25, 0.3) is 11.0 Å². The molecule has 29 heavy (non-hydrogen) atoms. The van der Waals surface area contributed by atoms with Crippen molar-refractivity contribution < 1.29 is 24.0 Å². The van der Waals surface area contributed by atoms with Gasteiger partial charge in [0.2, 0.25) is 0 Å². The maximum absolute atomic E-state index is 12.1. The Morgan fingerprint density at radius 3 is 2.59 bits per heavy atom. The number of carbonyl (C=O) groups is 2. The number of carboxylic acid groups (broad SMARTS) is 1. The molecule has 2 aromatic rings. The highest BCUT2D eigenvalue weighted by atomic mass is 16.6. The molecule has 158 valence electrons. The van der Waals surface area contributed by atoms with Crippen molar-refractivity contribution in [1.82, 2.24) is 15.0 Å². The predicted octanol–water partition coefficient (Wildman–Crippen LogP) is 2.94. The molecular weight excluding hydrogens is 374 g/mol. The molecule has 1 aromatic carbocycles. The number of carboxylic acids is 1. The molecule has 1 aliphatic rings. The van der Waals surface area contributed by atoms with E-state index in [0.717, 1.165) is 43.4 Å². The molecule has 0 unspecified atom stereocenters. The minimum Gasteiger partial charge on any atom is -0.481 e. The molecule has 8 heteroatoms. The van der Waals surface area contributed by atoms with Crippen molar-refractivity contribution in [3.05, 3.63) is 29.5 Å². The first kappa shape index (κ1) is 21.1. The molecule has 1 aromatic heterocycles. The van der Waals surface area contributed by atoms with Gasteiger partial charge in [-0.15, -0.1) is 0 Å². The van der Waals surface area contributed by atoms with E-state index in [1.165, 1.54) is 0 Å². The van der Waals surface area contributed by atoms with Crippen LogP contribution < -0.4 is 0 Å². The minimum atomic E-state index is -0.920. The van der Waals surface area contributed by atoms with Crippen molar-refractivity contribution in [2.75, 3.05) is 32.7 Å². The third kappa shape index (κ3) is 5.69. The van der Waals surface area contributed by atoms with Gasteiger partial charge in [-0.05, 0) is 51.8 Å². The van der Waals surface area contributed by atoms with Crippen LogP contribution in [0, 0.1) is 0 Å². The van der Waals surface area contributed by atoms with Crippen molar-refractivity contribution in [3.63, 3.8) is 0 Å². The van der Waals surface area contributed by atoms with Gasteiger partial charge < -0.3 is 19.3 Å². The van der Waals surface area contributed by atoms with Gasteiger partial charge in [0.1, 0.15) is 11.3 Å². The topological polar surface area (TPSA) is 96.1 Å². The zero-order valence-electron chi connectivity index (χ0n) is 17.3. The molecule has 1 aliphatic heterocycles. The van der Waals surface area contributed by atoms with E-state index in [4.69, 9.17) is 14.4 Å². The summed E-state index contributed by atoms with van der Waals surface area (Å²) in [6, 6.07) is 5.77. The number of hydrogen-bond donors (Lipinski definition) is 1. The van der Waals surface area contributed by atoms with Crippen molar-refractivity contribution in [3.8, 4) is 0 Å². The van der Waals surface area contributed by atoms with Gasteiger partial charge in [0.05, 0.1) is 6.42 Å². The first-order chi connectivity index (χ1) is 13.7. The standard InChI is InChI=1S/C21H29N3O5/c1-21(2,3)28-20(27)24-12-10-23(11-13-24)9-5-7-15-6-4-8-16-17(14-18(25)26)22-29-19(15)16/h4,6,8H,5,7,9-14H2,1-3H3,(H,25,26). The number of amides is 1. The fourth-order valence-corrected chi connectivity index (χ4v) is 3.51. The van der Waals surface area contributed by atoms with Crippen LogP contribution in [0.1, 0.15) is 38.4 Å². The van der Waals surface area contributed by atoms with E-state index in [2.05, 4.69) is 10.1 Å². The van der Waals surface area contributed by atoms with Gasteiger partial charge in [0.15, 0.2) is 5.58 Å². The molecule has 0 aliphatic carbocycles. The summed E-state index contributed by atoms with van der Waals surface area (Å²) in [4.78, 5) is 27.2. The van der Waals surface area contributed by atoms with Gasteiger partial charge in [0, 0.05) is 31.6 Å². The maximum atomic E-state index is 12.1. The fourth-order valence-electron chi connectivity index (χ4n) is 3.51. The Balaban J connectivity index is 1.48. The van der Waals surface area contributed by atoms with Gasteiger partial charge in [-0.25, -0.2) is 4.79 Å². The second-order valence-electron chi connectivity index (χ2n) is 8.41. The van der Waals surface area contributed by atoms with E-state index in [1.54, 1.807) is 4.90 Å². The highest BCUT2D eigenvalue weighted by molar-refractivity contribution is 5.85. The molecule has 0 radical (unpaired) electrons. The Morgan fingerprint density at radius 2 is 1.93 bits per heavy atom. The summed E-state index contributed by atoms with van der Waals surface area (Å²) in [6.45, 7) is 9.55. The van der Waals surface area contributed by atoms with Crippen molar-refractivity contribution in [2.45, 2.75) is 45.6 Å². The van der Waals surface area contributed by atoms with Crippen molar-refractivity contribution >= 4 is 23.0 Å². The Labute approximate surface area is 170 Å². The van der Waals surface area contributed by atoms with E-state index < -0.39 is 11.6 Å². The number of rotatable bonds is 6. The number of aryl methyl sites for hydroxylation is 1. The number of fused-ring (bicyclic) bond motifs is 1. The Hall–Kier alpha value is -2.61. The van der Waals surface area contributed by atoms with E-state index >= 15 is 0 Å². The monoisotopic (exact) mass is 403 g/mol. The first-order valence-corrected chi connectivity index (χ1v) is 10.0. The summed E-state index contributed by atoms with van der Waals surface area (Å²) in [5.41, 5.74) is 1.71. The molecule has 2 heterocycles. The van der Waals surface area contributed by atoms with Gasteiger partial charge >= 0.3 is 12.1 Å². The molecule has 1 fully saturated rings. The molecule has 8 nitrogen and oxygen atoms in total. The molecule has 3 rings (SSSR count). The van der Waals surface area contributed by atoms with Gasteiger partial charge in [-0.2, -0.15) is 0 Å². The van der Waals surface area contributed by atoms with Gasteiger partial charge in [-0.3, -0.25) is 9.69 Å². The third-order valence-corrected chi connectivity index (χ3v) is 4.92. The fraction of sp³-hybridized carbons (Fsp3) is 0.571. The summed E-state index contributed by atoms with van der Waals surface area (Å²) in [6.07, 6.45) is 1.39. The number of piperazine rings is 1. The molecule has 1 saturated heterocycles. The lowest BCUT2D eigenvalue weighted by Gasteiger charge is -2.35. The van der Waals surface area contributed by atoms with Crippen molar-refractivity contribution in [2.24, 2.45) is 0 Å². The Bertz CT molecular complexity index is 863. The average molecular weight is 403 g/mol. The molecule has 1 amide bonds. The largest absolute Gasteiger partial charge is 0.481 e. The second kappa shape index (κ2) is 8.82. The quantitative estimate of drug-likeness (QED) is 0.792. The van der Waals surface area contributed by atoms with Crippen LogP contribution in [0.2, 0.25) is 0 Å². The highest BCUT2D eigenvalue weighted by Crippen LogP contribution is 2.24. The minimum absolute atomic E-state index is 0.140. The van der Waals surface area contributed by atoms with Crippen LogP contribution in [-0.4, -0.2) is 70.5 Å². The summed E-state index contributed by atoms with van der Waals surface area (Å²) in [5, 5.41) is 13.7. The number of benzene rings is 1. The van der Waals surface area contributed by atoms with Crippen molar-refractivity contribution in [1.29, 1.82) is 0 Å². The summed E-state index contributed by atoms with van der Waals surface area (Å²) in [7, 11) is 0. The predicted molar refractivity (Wildman–Crippen MR) is 108 cm³/mol. The lowest BCUT2D eigenvalue weighted by Crippen LogP contribution is -2.50. The van der Waals surface area contributed by atoms with Gasteiger partial charge in [-0.1, -0.05) is 17.3 Å². The lowest BCUT2D eigenvalue weighted by atomic mass is 10.0. The number of carbonyl (C=O) groups excluding carboxylic acids is 1. The zero-order chi connectivity index (χ0) is 21.0. The van der Waals surface area contributed by atoms with Crippen LogP contribution in [0.4, 0.5) is 4.79 Å². The van der Waals surface area contributed by atoms with Crippen LogP contribution in [0.15, 0.2) is 22.7 Å². The average Bonchev–Trinajstić information content (AvgIpc) is 3.04. The molecule has 0 saturated carbocycles. The SMILES string of the molecule is CC(C)(C)OC(=O)N1CCN(CCCc2cccc3c(CC(=O)O)noc23)CC1. The number of nitrogens with zero attached hydrogens (tertiary/aromatic N) is 3. The molecule has 1 N–H and O–H groups in total. The number of ether oxygens (including phenoxy) is 1. The Kier molecular flexibility index (Phi) is 6.42. The number of aromatic nitrogens is 1. The number of hydrogen-bond acceptors (Lipinski definition) is 6. The van der Waals surface area contributed by atoms with Crippen LogP contribution in [-0.2, 0) is 22.4 Å². The zero-order valence-corrected chi connectivity index (χ0v) is 17.3. The summed E-state index contributed by atoms with van der Waals surface area (Å²) in [5.74, 6) is -0.920. The number of para-hydroxylation sites is 1. The second-order valence-corrected chi connectivity index (χ2v) is 8.41. The Morgan fingerprint density at radius 1 is 1.21 bits per heavy atom. The highest BCUT2D eigenvalue weighted by Gasteiger charge is 2.25. The molecule has 0 spiro atoms. The molecule has 0 bridgehead atoms. The lowest BCUT2D eigenvalue weighted by molar-refractivity contribution is -0.136. The molecular formula is C21H29N3O5. The smallest absolute Gasteiger partial charge is 0.410 e. The first-order valence-electron chi connectivity index (χ1n) is 10.0. The molecule has 0 atom stereocenters. The third-order valence-electron chi connectivity index (χ3n) is 4.92. The normalized spacial score (nSPS) is 15.6. The van der Waals surface area contributed by atoms with Crippen LogP contribution in [0.5, 0.6) is 0 Å². The maximum Gasteiger partial charge on any atom is 0.410 e. The summed E-state index contributed by atoms with van der Waals surface area (Å²) >= 11 is 0. The van der Waals surface area contributed by atoms with E-state index in [9.17, 15) is 9.59 Å². The van der Waals surface area contributed by atoms with Crippen LogP contribution in [0.3, 0.4) is 0 Å². The van der Waals surface area contributed by atoms with E-state index in [0.29, 0.717) is 24.4 Å². The summed E-state index contributed by atoms with van der Waals surface area (Å²) < 4.78 is 10.9.